The third-order valence-corrected chi connectivity index (χ3v) is 5.21. The summed E-state index contributed by atoms with van der Waals surface area (Å²) in [6.07, 6.45) is 0.142. The molecule has 1 aromatic rings. The van der Waals surface area contributed by atoms with Crippen LogP contribution < -0.4 is 0 Å². The Kier molecular flexibility index (Phi) is 4.38. The molecular weight excluding hydrogens is 288 g/mol. The van der Waals surface area contributed by atoms with Crippen LogP contribution in [0.15, 0.2) is 29.2 Å². The molecule has 1 heterocycles. The van der Waals surface area contributed by atoms with Crippen molar-refractivity contribution in [3.05, 3.63) is 29.8 Å². The van der Waals surface area contributed by atoms with Gasteiger partial charge in [0.15, 0.2) is 0 Å². The van der Waals surface area contributed by atoms with Crippen molar-refractivity contribution in [2.45, 2.75) is 43.8 Å². The number of benzene rings is 1. The quantitative estimate of drug-likeness (QED) is 0.855. The highest BCUT2D eigenvalue weighted by Crippen LogP contribution is 2.26. The van der Waals surface area contributed by atoms with E-state index in [9.17, 15) is 8.42 Å². The predicted molar refractivity (Wildman–Crippen MR) is 79.1 cm³/mol. The number of morpholine rings is 1. The number of nitrogens with zero attached hydrogens (tertiary/aromatic N) is 2. The second-order valence-corrected chi connectivity index (χ2v) is 7.90. The Labute approximate surface area is 126 Å². The molecule has 1 fully saturated rings. The number of hydrogen-bond acceptors (Lipinski definition) is 4. The van der Waals surface area contributed by atoms with Crippen LogP contribution in [0.4, 0.5) is 0 Å². The molecule has 0 radical (unpaired) electrons. The summed E-state index contributed by atoms with van der Waals surface area (Å²) >= 11 is 0. The lowest BCUT2D eigenvalue weighted by molar-refractivity contribution is -0.109. The van der Waals surface area contributed by atoms with Crippen molar-refractivity contribution >= 4 is 10.0 Å². The van der Waals surface area contributed by atoms with Crippen LogP contribution in [0.25, 0.3) is 0 Å². The van der Waals surface area contributed by atoms with Gasteiger partial charge in [-0.2, -0.15) is 9.57 Å². The number of sulfonamides is 1. The number of rotatable bonds is 3. The smallest absolute Gasteiger partial charge is 0.243 e. The summed E-state index contributed by atoms with van der Waals surface area (Å²) in [6.45, 7) is 6.34. The molecule has 0 amide bonds. The van der Waals surface area contributed by atoms with Crippen molar-refractivity contribution in [1.82, 2.24) is 4.31 Å². The molecular formula is C15H20N2O3S. The van der Waals surface area contributed by atoms with Crippen LogP contribution in [-0.4, -0.2) is 37.5 Å². The topological polar surface area (TPSA) is 70.4 Å². The van der Waals surface area contributed by atoms with E-state index >= 15 is 0 Å². The average Bonchev–Trinajstić information content (AvgIpc) is 2.37. The second-order valence-electron chi connectivity index (χ2n) is 5.96. The highest BCUT2D eigenvalue weighted by Gasteiger charge is 2.37. The molecule has 1 aromatic carbocycles. The van der Waals surface area contributed by atoms with Gasteiger partial charge in [-0.15, -0.1) is 0 Å². The lowest BCUT2D eigenvalue weighted by Gasteiger charge is -2.40. The van der Waals surface area contributed by atoms with Crippen LogP contribution >= 0.6 is 0 Å². The van der Waals surface area contributed by atoms with Gasteiger partial charge in [-0.25, -0.2) is 8.42 Å². The summed E-state index contributed by atoms with van der Waals surface area (Å²) in [7, 11) is -3.53. The van der Waals surface area contributed by atoms with Gasteiger partial charge in [0, 0.05) is 13.1 Å². The van der Waals surface area contributed by atoms with Gasteiger partial charge in [-0.3, -0.25) is 0 Å². The number of ether oxygens (including phenoxy) is 1. The first-order chi connectivity index (χ1) is 9.74. The molecule has 1 unspecified atom stereocenters. The Morgan fingerprint density at radius 2 is 2.00 bits per heavy atom. The molecule has 1 aliphatic rings. The lowest BCUT2D eigenvalue weighted by Crippen LogP contribution is -2.53. The highest BCUT2D eigenvalue weighted by atomic mass is 32.2. The molecule has 0 saturated carbocycles. The van der Waals surface area contributed by atoms with E-state index in [1.807, 2.05) is 26.8 Å². The van der Waals surface area contributed by atoms with Crippen LogP contribution in [0.5, 0.6) is 0 Å². The molecule has 0 aromatic heterocycles. The summed E-state index contributed by atoms with van der Waals surface area (Å²) in [6, 6.07) is 8.55. The summed E-state index contributed by atoms with van der Waals surface area (Å²) in [5.41, 5.74) is 0.318. The molecule has 0 aliphatic carbocycles. The van der Waals surface area contributed by atoms with Crippen LogP contribution in [-0.2, 0) is 21.2 Å². The first-order valence-corrected chi connectivity index (χ1v) is 8.32. The summed E-state index contributed by atoms with van der Waals surface area (Å²) in [5.74, 6) is 0. The molecule has 1 saturated heterocycles. The standard InChI is InChI=1S/C15H20N2O3S/c1-12-10-17(11-15(2,3)20-12)21(18,19)14-6-4-13(5-7-14)8-9-16/h4-7,12H,8,10-11H2,1-3H3. The van der Waals surface area contributed by atoms with Gasteiger partial charge in [0.2, 0.25) is 10.0 Å². The number of nitriles is 1. The lowest BCUT2D eigenvalue weighted by atomic mass is 10.1. The fourth-order valence-electron chi connectivity index (χ4n) is 2.60. The van der Waals surface area contributed by atoms with E-state index in [0.717, 1.165) is 5.56 Å². The molecule has 21 heavy (non-hydrogen) atoms. The summed E-state index contributed by atoms with van der Waals surface area (Å²) in [4.78, 5) is 0.258. The van der Waals surface area contributed by atoms with Gasteiger partial charge in [0.1, 0.15) is 0 Å². The molecule has 5 nitrogen and oxygen atoms in total. The molecule has 0 N–H and O–H groups in total. The Morgan fingerprint density at radius 3 is 2.52 bits per heavy atom. The largest absolute Gasteiger partial charge is 0.370 e. The molecule has 1 aliphatic heterocycles. The first-order valence-electron chi connectivity index (χ1n) is 6.88. The van der Waals surface area contributed by atoms with E-state index < -0.39 is 15.6 Å². The average molecular weight is 308 g/mol. The van der Waals surface area contributed by atoms with E-state index in [1.54, 1.807) is 24.3 Å². The van der Waals surface area contributed by atoms with Gasteiger partial charge in [0.05, 0.1) is 29.1 Å². The molecule has 0 spiro atoms. The van der Waals surface area contributed by atoms with Gasteiger partial charge in [-0.05, 0) is 38.5 Å². The maximum Gasteiger partial charge on any atom is 0.243 e. The fraction of sp³-hybridized carbons (Fsp3) is 0.533. The fourth-order valence-corrected chi connectivity index (χ4v) is 4.26. The van der Waals surface area contributed by atoms with Gasteiger partial charge in [-0.1, -0.05) is 12.1 Å². The van der Waals surface area contributed by atoms with Gasteiger partial charge < -0.3 is 4.74 Å². The van der Waals surface area contributed by atoms with Crippen molar-refractivity contribution in [3.63, 3.8) is 0 Å². The van der Waals surface area contributed by atoms with Gasteiger partial charge in [0.25, 0.3) is 0 Å². The van der Waals surface area contributed by atoms with E-state index in [0.29, 0.717) is 13.1 Å². The Balaban J connectivity index is 2.27. The normalized spacial score (nSPS) is 22.7. The highest BCUT2D eigenvalue weighted by molar-refractivity contribution is 7.89. The summed E-state index contributed by atoms with van der Waals surface area (Å²) in [5, 5.41) is 8.65. The molecule has 0 bridgehead atoms. The van der Waals surface area contributed by atoms with Crippen LogP contribution in [0.3, 0.4) is 0 Å². The Morgan fingerprint density at radius 1 is 1.38 bits per heavy atom. The molecule has 6 heteroatoms. The van der Waals surface area contributed by atoms with Crippen molar-refractivity contribution < 1.29 is 13.2 Å². The van der Waals surface area contributed by atoms with E-state index in [4.69, 9.17) is 10.00 Å². The monoisotopic (exact) mass is 308 g/mol. The summed E-state index contributed by atoms with van der Waals surface area (Å²) < 4.78 is 32.6. The van der Waals surface area contributed by atoms with Crippen molar-refractivity contribution in [1.29, 1.82) is 5.26 Å². The maximum atomic E-state index is 12.7. The third kappa shape index (κ3) is 3.62. The van der Waals surface area contributed by atoms with E-state index in [-0.39, 0.29) is 17.4 Å². The SMILES string of the molecule is CC1CN(S(=O)(=O)c2ccc(CC#N)cc2)CC(C)(C)O1. The molecule has 114 valence electrons. The third-order valence-electron chi connectivity index (χ3n) is 3.38. The zero-order valence-corrected chi connectivity index (χ0v) is 13.4. The van der Waals surface area contributed by atoms with Crippen LogP contribution in [0.2, 0.25) is 0 Å². The van der Waals surface area contributed by atoms with E-state index in [1.165, 1.54) is 4.31 Å². The van der Waals surface area contributed by atoms with Crippen LogP contribution in [0.1, 0.15) is 26.3 Å². The van der Waals surface area contributed by atoms with Crippen LogP contribution in [0, 0.1) is 11.3 Å². The predicted octanol–water partition coefficient (Wildman–Crippen LogP) is 1.94. The van der Waals surface area contributed by atoms with E-state index in [2.05, 4.69) is 0 Å². The molecule has 1 atom stereocenters. The minimum atomic E-state index is -3.53. The zero-order chi connectivity index (χ0) is 15.7. The van der Waals surface area contributed by atoms with Gasteiger partial charge >= 0.3 is 0 Å². The Hall–Kier alpha value is -1.42. The van der Waals surface area contributed by atoms with Crippen molar-refractivity contribution in [3.8, 4) is 6.07 Å². The number of hydrogen-bond donors (Lipinski definition) is 0. The Bertz CT molecular complexity index is 644. The first kappa shape index (κ1) is 16.0. The molecule has 2 rings (SSSR count). The second kappa shape index (κ2) is 5.76. The maximum absolute atomic E-state index is 12.7. The minimum Gasteiger partial charge on any atom is -0.370 e. The van der Waals surface area contributed by atoms with Crippen molar-refractivity contribution in [2.75, 3.05) is 13.1 Å². The van der Waals surface area contributed by atoms with Crippen molar-refractivity contribution in [2.24, 2.45) is 0 Å². The minimum absolute atomic E-state index is 0.138. The zero-order valence-electron chi connectivity index (χ0n) is 12.5.